The molecular weight excluding hydrogens is 530 g/mol. The predicted octanol–water partition coefficient (Wildman–Crippen LogP) is 4.20. The topological polar surface area (TPSA) is 86.8 Å². The molecule has 0 radical (unpaired) electrons. The zero-order valence-electron chi connectivity index (χ0n) is 18.9. The van der Waals surface area contributed by atoms with Crippen LogP contribution in [0.2, 0.25) is 5.02 Å². The predicted molar refractivity (Wildman–Crippen MR) is 136 cm³/mol. The second kappa shape index (κ2) is 12.4. The fourth-order valence-electron chi connectivity index (χ4n) is 3.18. The molecule has 0 heterocycles. The van der Waals surface area contributed by atoms with E-state index in [1.807, 2.05) is 6.92 Å². The summed E-state index contributed by atoms with van der Waals surface area (Å²) in [5, 5.41) is 3.30. The van der Waals surface area contributed by atoms with E-state index in [2.05, 4.69) is 21.2 Å². The maximum atomic E-state index is 13.5. The Labute approximate surface area is 209 Å². The van der Waals surface area contributed by atoms with E-state index in [1.54, 1.807) is 55.5 Å². The molecule has 2 aromatic carbocycles. The second-order valence-corrected chi connectivity index (χ2v) is 10.8. The van der Waals surface area contributed by atoms with Crippen molar-refractivity contribution in [3.63, 3.8) is 0 Å². The smallest absolute Gasteiger partial charge is 0.244 e. The molecule has 0 fully saturated rings. The standard InChI is InChI=1S/C23H29BrClN3O4S/c1-4-5-14-26-23(30)17(2)27(15-18-10-6-8-12-20(18)25)22(29)16-28(33(3,31)32)21-13-9-7-11-19(21)24/h6-13,17H,4-5,14-16H2,1-3H3,(H,26,30)/t17-/m0/s1. The molecule has 7 nitrogen and oxygen atoms in total. The van der Waals surface area contributed by atoms with Crippen LogP contribution in [0.3, 0.4) is 0 Å². The Kier molecular flexibility index (Phi) is 10.2. The average molecular weight is 559 g/mol. The first-order chi connectivity index (χ1) is 15.6. The van der Waals surface area contributed by atoms with Crippen molar-refractivity contribution >= 4 is 55.1 Å². The average Bonchev–Trinajstić information content (AvgIpc) is 2.76. The van der Waals surface area contributed by atoms with Crippen molar-refractivity contribution in [2.75, 3.05) is 23.7 Å². The third-order valence-corrected chi connectivity index (χ3v) is 7.26. The van der Waals surface area contributed by atoms with Crippen molar-refractivity contribution in [2.45, 2.75) is 39.3 Å². The van der Waals surface area contributed by atoms with Crippen molar-refractivity contribution < 1.29 is 18.0 Å². The first-order valence-electron chi connectivity index (χ1n) is 10.6. The molecule has 33 heavy (non-hydrogen) atoms. The number of hydrogen-bond acceptors (Lipinski definition) is 4. The van der Waals surface area contributed by atoms with Crippen LogP contribution in [0.4, 0.5) is 5.69 Å². The molecule has 0 aliphatic carbocycles. The lowest BCUT2D eigenvalue weighted by atomic mass is 10.1. The highest BCUT2D eigenvalue weighted by molar-refractivity contribution is 9.10. The van der Waals surface area contributed by atoms with Gasteiger partial charge in [0.15, 0.2) is 0 Å². The number of nitrogens with one attached hydrogen (secondary N) is 1. The Morgan fingerprint density at radius 3 is 2.36 bits per heavy atom. The number of unbranched alkanes of at least 4 members (excludes halogenated alkanes) is 1. The lowest BCUT2D eigenvalue weighted by Gasteiger charge is -2.32. The van der Waals surface area contributed by atoms with Gasteiger partial charge < -0.3 is 10.2 Å². The number of rotatable bonds is 11. The van der Waals surface area contributed by atoms with E-state index in [9.17, 15) is 18.0 Å². The number of halogens is 2. The molecule has 0 aliphatic heterocycles. The molecule has 0 unspecified atom stereocenters. The fraction of sp³-hybridized carbons (Fsp3) is 0.391. The van der Waals surface area contributed by atoms with Gasteiger partial charge in [-0.1, -0.05) is 55.3 Å². The Balaban J connectivity index is 2.37. The maximum Gasteiger partial charge on any atom is 0.244 e. The SMILES string of the molecule is CCCCNC(=O)[C@H](C)N(Cc1ccccc1Cl)C(=O)CN(c1ccccc1Br)S(C)(=O)=O. The monoisotopic (exact) mass is 557 g/mol. The van der Waals surface area contributed by atoms with E-state index in [-0.39, 0.29) is 12.5 Å². The molecule has 10 heteroatoms. The van der Waals surface area contributed by atoms with Crippen LogP contribution in [-0.4, -0.2) is 50.5 Å². The zero-order chi connectivity index (χ0) is 24.6. The number of carbonyl (C=O) groups excluding carboxylic acids is 2. The third-order valence-electron chi connectivity index (χ3n) is 5.10. The van der Waals surface area contributed by atoms with Gasteiger partial charge in [0.1, 0.15) is 12.6 Å². The number of amides is 2. The molecule has 0 spiro atoms. The molecule has 1 atom stereocenters. The van der Waals surface area contributed by atoms with E-state index in [0.29, 0.717) is 27.3 Å². The summed E-state index contributed by atoms with van der Waals surface area (Å²) in [6.07, 6.45) is 2.78. The van der Waals surface area contributed by atoms with E-state index in [0.717, 1.165) is 23.4 Å². The molecule has 0 aromatic heterocycles. The van der Waals surface area contributed by atoms with Gasteiger partial charge in [-0.05, 0) is 53.0 Å². The summed E-state index contributed by atoms with van der Waals surface area (Å²) < 4.78 is 26.7. The van der Waals surface area contributed by atoms with Gasteiger partial charge in [-0.25, -0.2) is 8.42 Å². The number of nitrogens with zero attached hydrogens (tertiary/aromatic N) is 2. The number of anilines is 1. The number of carbonyl (C=O) groups is 2. The van der Waals surface area contributed by atoms with Crippen LogP contribution in [0, 0.1) is 0 Å². The van der Waals surface area contributed by atoms with Gasteiger partial charge in [0.2, 0.25) is 21.8 Å². The first-order valence-corrected chi connectivity index (χ1v) is 13.6. The normalized spacial score (nSPS) is 12.2. The van der Waals surface area contributed by atoms with Gasteiger partial charge in [-0.15, -0.1) is 0 Å². The van der Waals surface area contributed by atoms with Gasteiger partial charge in [0.25, 0.3) is 0 Å². The van der Waals surface area contributed by atoms with Crippen molar-refractivity contribution in [1.29, 1.82) is 0 Å². The summed E-state index contributed by atoms with van der Waals surface area (Å²) in [6.45, 7) is 3.75. The molecule has 0 bridgehead atoms. The highest BCUT2D eigenvalue weighted by atomic mass is 79.9. The molecule has 1 N–H and O–H groups in total. The highest BCUT2D eigenvalue weighted by Gasteiger charge is 2.30. The maximum absolute atomic E-state index is 13.5. The summed E-state index contributed by atoms with van der Waals surface area (Å²) in [7, 11) is -3.78. The first kappa shape index (κ1) is 27.1. The quantitative estimate of drug-likeness (QED) is 0.419. The molecule has 0 saturated carbocycles. The van der Waals surface area contributed by atoms with E-state index < -0.39 is 28.5 Å². The third kappa shape index (κ3) is 7.72. The minimum Gasteiger partial charge on any atom is -0.354 e. The second-order valence-electron chi connectivity index (χ2n) is 7.65. The Hall–Kier alpha value is -2.10. The molecule has 2 amide bonds. The van der Waals surface area contributed by atoms with Gasteiger partial charge in [-0.3, -0.25) is 13.9 Å². The lowest BCUT2D eigenvalue weighted by Crippen LogP contribution is -2.51. The largest absolute Gasteiger partial charge is 0.354 e. The van der Waals surface area contributed by atoms with Crippen LogP contribution in [0.25, 0.3) is 0 Å². The summed E-state index contributed by atoms with van der Waals surface area (Å²) in [5.74, 6) is -0.829. The number of hydrogen-bond donors (Lipinski definition) is 1. The summed E-state index contributed by atoms with van der Waals surface area (Å²) in [6, 6.07) is 13.0. The molecule has 0 aliphatic rings. The van der Waals surface area contributed by atoms with Gasteiger partial charge in [0, 0.05) is 22.6 Å². The van der Waals surface area contributed by atoms with Crippen molar-refractivity contribution in [3.8, 4) is 0 Å². The van der Waals surface area contributed by atoms with Crippen LogP contribution >= 0.6 is 27.5 Å². The Morgan fingerprint density at radius 1 is 1.12 bits per heavy atom. The van der Waals surface area contributed by atoms with Crippen molar-refractivity contribution in [2.24, 2.45) is 0 Å². The van der Waals surface area contributed by atoms with Gasteiger partial charge in [-0.2, -0.15) is 0 Å². The molecule has 180 valence electrons. The molecule has 2 rings (SSSR count). The van der Waals surface area contributed by atoms with Crippen LogP contribution < -0.4 is 9.62 Å². The van der Waals surface area contributed by atoms with Gasteiger partial charge >= 0.3 is 0 Å². The van der Waals surface area contributed by atoms with E-state index in [1.165, 1.54) is 4.90 Å². The molecular formula is C23H29BrClN3O4S. The summed E-state index contributed by atoms with van der Waals surface area (Å²) in [4.78, 5) is 27.6. The zero-order valence-corrected chi connectivity index (χ0v) is 22.1. The summed E-state index contributed by atoms with van der Waals surface area (Å²) in [5.41, 5.74) is 0.999. The number of para-hydroxylation sites is 1. The lowest BCUT2D eigenvalue weighted by molar-refractivity contribution is -0.139. The van der Waals surface area contributed by atoms with E-state index in [4.69, 9.17) is 11.6 Å². The number of benzene rings is 2. The van der Waals surface area contributed by atoms with Crippen LogP contribution in [0.1, 0.15) is 32.3 Å². The van der Waals surface area contributed by atoms with E-state index >= 15 is 0 Å². The van der Waals surface area contributed by atoms with Crippen LogP contribution in [-0.2, 0) is 26.2 Å². The van der Waals surface area contributed by atoms with Gasteiger partial charge in [0.05, 0.1) is 11.9 Å². The Bertz CT molecular complexity index is 1080. The molecule has 0 saturated heterocycles. The minimum absolute atomic E-state index is 0.0639. The minimum atomic E-state index is -3.78. The highest BCUT2D eigenvalue weighted by Crippen LogP contribution is 2.28. The Morgan fingerprint density at radius 2 is 1.76 bits per heavy atom. The van der Waals surface area contributed by atoms with Crippen LogP contribution in [0.15, 0.2) is 53.0 Å². The number of sulfonamides is 1. The fourth-order valence-corrected chi connectivity index (χ4v) is 4.85. The molecule has 2 aromatic rings. The van der Waals surface area contributed by atoms with Crippen molar-refractivity contribution in [1.82, 2.24) is 10.2 Å². The van der Waals surface area contributed by atoms with Crippen LogP contribution in [0.5, 0.6) is 0 Å². The summed E-state index contributed by atoms with van der Waals surface area (Å²) >= 11 is 9.66. The van der Waals surface area contributed by atoms with Crippen molar-refractivity contribution in [3.05, 3.63) is 63.6 Å².